The van der Waals surface area contributed by atoms with Crippen molar-refractivity contribution in [3.8, 4) is 0 Å². The van der Waals surface area contributed by atoms with Gasteiger partial charge in [0.2, 0.25) is 0 Å². The minimum atomic E-state index is 0.216. The summed E-state index contributed by atoms with van der Waals surface area (Å²) >= 11 is 6.12. The third-order valence-electron chi connectivity index (χ3n) is 1.64. The van der Waals surface area contributed by atoms with Gasteiger partial charge in [-0.3, -0.25) is 4.79 Å². The standard InChI is InChI=1S/C8H9I2NOS/c1-3-4(12)5-6(9)7(10)13-8(5)11-2/h11H,3H2,1-2H3. The van der Waals surface area contributed by atoms with Crippen LogP contribution in [0.2, 0.25) is 0 Å². The minimum absolute atomic E-state index is 0.216. The largest absolute Gasteiger partial charge is 0.379 e. The second-order valence-electron chi connectivity index (χ2n) is 2.42. The van der Waals surface area contributed by atoms with Crippen molar-refractivity contribution in [2.45, 2.75) is 13.3 Å². The van der Waals surface area contributed by atoms with Gasteiger partial charge in [-0.25, -0.2) is 0 Å². The maximum atomic E-state index is 11.6. The highest BCUT2D eigenvalue weighted by Gasteiger charge is 2.18. The quantitative estimate of drug-likeness (QED) is 0.598. The van der Waals surface area contributed by atoms with E-state index < -0.39 is 0 Å². The van der Waals surface area contributed by atoms with Crippen molar-refractivity contribution < 1.29 is 4.79 Å². The summed E-state index contributed by atoms with van der Waals surface area (Å²) < 4.78 is 2.26. The van der Waals surface area contributed by atoms with Gasteiger partial charge < -0.3 is 5.32 Å². The average molecular weight is 421 g/mol. The summed E-state index contributed by atoms with van der Waals surface area (Å²) in [6.45, 7) is 1.89. The molecular formula is C8H9I2NOS. The van der Waals surface area contributed by atoms with Crippen molar-refractivity contribution in [1.29, 1.82) is 0 Å². The van der Waals surface area contributed by atoms with Gasteiger partial charge in [-0.15, -0.1) is 11.3 Å². The second-order valence-corrected chi connectivity index (χ2v) is 6.33. The molecule has 0 aliphatic heterocycles. The fraction of sp³-hybridized carbons (Fsp3) is 0.375. The number of anilines is 1. The zero-order valence-corrected chi connectivity index (χ0v) is 12.4. The van der Waals surface area contributed by atoms with Crippen molar-refractivity contribution in [1.82, 2.24) is 0 Å². The van der Waals surface area contributed by atoms with Crippen molar-refractivity contribution in [3.05, 3.63) is 12.0 Å². The molecule has 0 unspecified atom stereocenters. The monoisotopic (exact) mass is 421 g/mol. The molecule has 0 atom stereocenters. The first-order chi connectivity index (χ1) is 6.11. The number of Topliss-reactive ketones (excluding diaryl/α,β-unsaturated/α-hetero) is 1. The number of hydrogen-bond acceptors (Lipinski definition) is 3. The number of nitrogens with one attached hydrogen (secondary N) is 1. The van der Waals surface area contributed by atoms with Crippen molar-refractivity contribution in [3.63, 3.8) is 0 Å². The summed E-state index contributed by atoms with van der Waals surface area (Å²) in [5.74, 6) is 0.216. The molecule has 0 aromatic carbocycles. The Morgan fingerprint density at radius 3 is 2.62 bits per heavy atom. The highest BCUT2D eigenvalue weighted by molar-refractivity contribution is 14.1. The van der Waals surface area contributed by atoms with Crippen LogP contribution in [0.15, 0.2) is 0 Å². The van der Waals surface area contributed by atoms with Crippen LogP contribution in [-0.4, -0.2) is 12.8 Å². The minimum Gasteiger partial charge on any atom is -0.379 e. The lowest BCUT2D eigenvalue weighted by Crippen LogP contribution is -2.01. The zero-order chi connectivity index (χ0) is 10.0. The van der Waals surface area contributed by atoms with Crippen molar-refractivity contribution in [2.75, 3.05) is 12.4 Å². The summed E-state index contributed by atoms with van der Waals surface area (Å²) in [6, 6.07) is 0. The first-order valence-corrected chi connectivity index (χ1v) is 6.77. The molecule has 0 fully saturated rings. The van der Waals surface area contributed by atoms with E-state index in [1.807, 2.05) is 14.0 Å². The molecule has 0 amide bonds. The van der Waals surface area contributed by atoms with Crippen LogP contribution in [-0.2, 0) is 0 Å². The maximum Gasteiger partial charge on any atom is 0.166 e. The SMILES string of the molecule is CCC(=O)c1c(NC)sc(I)c1I. The number of hydrogen-bond donors (Lipinski definition) is 1. The van der Waals surface area contributed by atoms with E-state index in [1.165, 1.54) is 2.88 Å². The fourth-order valence-corrected chi connectivity index (χ4v) is 3.79. The van der Waals surface area contributed by atoms with Crippen LogP contribution in [0.4, 0.5) is 5.00 Å². The van der Waals surface area contributed by atoms with E-state index in [4.69, 9.17) is 0 Å². The molecule has 72 valence electrons. The smallest absolute Gasteiger partial charge is 0.166 e. The molecule has 13 heavy (non-hydrogen) atoms. The molecular weight excluding hydrogens is 412 g/mol. The predicted molar refractivity (Wildman–Crippen MR) is 73.9 cm³/mol. The molecule has 0 saturated carbocycles. The van der Waals surface area contributed by atoms with Crippen molar-refractivity contribution >= 4 is 67.3 Å². The highest BCUT2D eigenvalue weighted by atomic mass is 127. The third kappa shape index (κ3) is 2.35. The van der Waals surface area contributed by atoms with Gasteiger partial charge in [-0.2, -0.15) is 0 Å². The summed E-state index contributed by atoms with van der Waals surface area (Å²) in [4.78, 5) is 11.6. The Morgan fingerprint density at radius 2 is 2.15 bits per heavy atom. The maximum absolute atomic E-state index is 11.6. The lowest BCUT2D eigenvalue weighted by atomic mass is 10.2. The van der Waals surface area contributed by atoms with E-state index in [-0.39, 0.29) is 5.78 Å². The number of ketones is 1. The second kappa shape index (κ2) is 4.92. The molecule has 0 saturated heterocycles. The van der Waals surface area contributed by atoms with Crippen LogP contribution in [0.3, 0.4) is 0 Å². The van der Waals surface area contributed by atoms with Gasteiger partial charge in [-0.05, 0) is 45.2 Å². The summed E-state index contributed by atoms with van der Waals surface area (Å²) in [7, 11) is 1.85. The Balaban J connectivity index is 3.23. The normalized spacial score (nSPS) is 10.2. The van der Waals surface area contributed by atoms with Crippen LogP contribution in [0.1, 0.15) is 23.7 Å². The van der Waals surface area contributed by atoms with E-state index in [0.717, 1.165) is 14.1 Å². The van der Waals surface area contributed by atoms with Gasteiger partial charge in [0.15, 0.2) is 5.78 Å². The Labute approximate surface area is 109 Å². The molecule has 0 radical (unpaired) electrons. The van der Waals surface area contributed by atoms with E-state index in [0.29, 0.717) is 6.42 Å². The van der Waals surface area contributed by atoms with Crippen molar-refractivity contribution in [2.24, 2.45) is 0 Å². The Hall–Kier alpha value is 0.630. The van der Waals surface area contributed by atoms with Gasteiger partial charge in [0, 0.05) is 13.5 Å². The highest BCUT2D eigenvalue weighted by Crippen LogP contribution is 2.35. The van der Waals surface area contributed by atoms with Crippen LogP contribution in [0.25, 0.3) is 0 Å². The Kier molecular flexibility index (Phi) is 4.43. The molecule has 1 rings (SSSR count). The Bertz CT molecular complexity index is 335. The molecule has 0 aliphatic rings. The molecule has 1 N–H and O–H groups in total. The molecule has 0 spiro atoms. The molecule has 1 heterocycles. The lowest BCUT2D eigenvalue weighted by Gasteiger charge is -2.00. The molecule has 1 aromatic heterocycles. The fourth-order valence-electron chi connectivity index (χ4n) is 0.985. The van der Waals surface area contributed by atoms with Gasteiger partial charge in [-0.1, -0.05) is 6.92 Å². The van der Waals surface area contributed by atoms with E-state index in [9.17, 15) is 4.79 Å². The first kappa shape index (κ1) is 11.7. The van der Waals surface area contributed by atoms with Gasteiger partial charge in [0.05, 0.1) is 12.0 Å². The zero-order valence-electron chi connectivity index (χ0n) is 7.28. The van der Waals surface area contributed by atoms with Crippen LogP contribution >= 0.6 is 56.5 Å². The van der Waals surface area contributed by atoms with E-state index in [1.54, 1.807) is 11.3 Å². The molecule has 0 bridgehead atoms. The number of halogens is 2. The molecule has 1 aromatic rings. The topological polar surface area (TPSA) is 29.1 Å². The molecule has 0 aliphatic carbocycles. The molecule has 2 nitrogen and oxygen atoms in total. The van der Waals surface area contributed by atoms with Gasteiger partial charge in [0.1, 0.15) is 5.00 Å². The average Bonchev–Trinajstić information content (AvgIpc) is 2.42. The van der Waals surface area contributed by atoms with Gasteiger partial charge in [0.25, 0.3) is 0 Å². The number of carbonyl (C=O) groups excluding carboxylic acids is 1. The van der Waals surface area contributed by atoms with Gasteiger partial charge >= 0.3 is 0 Å². The summed E-state index contributed by atoms with van der Waals surface area (Å²) in [6.07, 6.45) is 0.567. The third-order valence-corrected chi connectivity index (χ3v) is 6.31. The number of thiophene rings is 1. The van der Waals surface area contributed by atoms with E-state index in [2.05, 4.69) is 50.5 Å². The van der Waals surface area contributed by atoms with Crippen LogP contribution in [0, 0.1) is 6.45 Å². The summed E-state index contributed by atoms with van der Waals surface area (Å²) in [5, 5.41) is 4.05. The van der Waals surface area contributed by atoms with E-state index >= 15 is 0 Å². The van der Waals surface area contributed by atoms with Crippen LogP contribution < -0.4 is 5.32 Å². The first-order valence-electron chi connectivity index (χ1n) is 3.80. The summed E-state index contributed by atoms with van der Waals surface area (Å²) in [5.41, 5.74) is 0.861. The molecule has 5 heteroatoms. The van der Waals surface area contributed by atoms with Crippen LogP contribution in [0.5, 0.6) is 0 Å². The number of rotatable bonds is 3. The lowest BCUT2D eigenvalue weighted by molar-refractivity contribution is 0.0988. The predicted octanol–water partition coefficient (Wildman–Crippen LogP) is 3.59. The Morgan fingerprint density at radius 1 is 1.54 bits per heavy atom. The number of carbonyl (C=O) groups is 1.